The first-order valence-electron chi connectivity index (χ1n) is 10.6. The molecule has 1 heterocycles. The number of nitrogens with zero attached hydrogens (tertiary/aromatic N) is 1. The van der Waals surface area contributed by atoms with Crippen LogP contribution in [0.3, 0.4) is 0 Å². The summed E-state index contributed by atoms with van der Waals surface area (Å²) in [7, 11) is -3.70. The fourth-order valence-electron chi connectivity index (χ4n) is 3.89. The summed E-state index contributed by atoms with van der Waals surface area (Å²) in [5, 5.41) is 2.80. The van der Waals surface area contributed by atoms with Crippen LogP contribution in [-0.4, -0.2) is 27.5 Å². The molecule has 0 saturated heterocycles. The van der Waals surface area contributed by atoms with E-state index in [0.717, 1.165) is 11.1 Å². The number of anilines is 1. The third-order valence-electron chi connectivity index (χ3n) is 5.69. The smallest absolute Gasteiger partial charge is 0.264 e. The number of hydrogen-bond donors (Lipinski definition) is 1. The zero-order chi connectivity index (χ0) is 23.6. The molecule has 172 valence electrons. The average Bonchev–Trinajstić information content (AvgIpc) is 3.23. The van der Waals surface area contributed by atoms with Crippen molar-refractivity contribution in [3.05, 3.63) is 89.2 Å². The molecule has 0 bridgehead atoms. The maximum atomic E-state index is 13.2. The Kier molecular flexibility index (Phi) is 6.37. The number of benzene rings is 3. The first kappa shape index (κ1) is 22.8. The van der Waals surface area contributed by atoms with E-state index in [2.05, 4.69) is 5.32 Å². The van der Waals surface area contributed by atoms with E-state index in [9.17, 15) is 17.6 Å². The molecular formula is C25H25FN2O4S. The van der Waals surface area contributed by atoms with Crippen molar-refractivity contribution >= 4 is 21.6 Å². The van der Waals surface area contributed by atoms with Gasteiger partial charge < -0.3 is 10.1 Å². The van der Waals surface area contributed by atoms with Crippen molar-refractivity contribution in [2.75, 3.05) is 17.5 Å². The van der Waals surface area contributed by atoms with Gasteiger partial charge in [0.25, 0.3) is 15.9 Å². The highest BCUT2D eigenvalue weighted by Crippen LogP contribution is 2.33. The van der Waals surface area contributed by atoms with Gasteiger partial charge >= 0.3 is 0 Å². The predicted octanol–water partition coefficient (Wildman–Crippen LogP) is 4.14. The summed E-state index contributed by atoms with van der Waals surface area (Å²) in [6.45, 7) is 3.72. The van der Waals surface area contributed by atoms with Crippen molar-refractivity contribution in [3.8, 4) is 5.75 Å². The molecule has 3 aromatic rings. The highest BCUT2D eigenvalue weighted by atomic mass is 32.2. The number of sulfonamides is 1. The van der Waals surface area contributed by atoms with E-state index in [4.69, 9.17) is 4.74 Å². The number of para-hydroxylation sites is 1. The highest BCUT2D eigenvalue weighted by Gasteiger charge is 2.30. The number of amides is 1. The number of fused-ring (bicyclic) bond motifs is 1. The van der Waals surface area contributed by atoms with Gasteiger partial charge in [-0.15, -0.1) is 0 Å². The number of hydrogen-bond acceptors (Lipinski definition) is 4. The molecule has 33 heavy (non-hydrogen) atoms. The third kappa shape index (κ3) is 4.85. The monoisotopic (exact) mass is 468 g/mol. The lowest BCUT2D eigenvalue weighted by atomic mass is 10.1. The molecule has 1 unspecified atom stereocenters. The second kappa shape index (κ2) is 9.23. The Hall–Kier alpha value is -3.39. The molecule has 1 aliphatic rings. The van der Waals surface area contributed by atoms with Gasteiger partial charge in [0.1, 0.15) is 11.6 Å². The summed E-state index contributed by atoms with van der Waals surface area (Å²) >= 11 is 0. The summed E-state index contributed by atoms with van der Waals surface area (Å²) in [5.74, 6) is -0.243. The second-order valence-corrected chi connectivity index (χ2v) is 9.87. The quantitative estimate of drug-likeness (QED) is 0.566. The van der Waals surface area contributed by atoms with E-state index in [1.807, 2.05) is 24.3 Å². The van der Waals surface area contributed by atoms with Gasteiger partial charge in [0, 0.05) is 6.54 Å². The standard InChI is InChI=1S/C25H25FN2O4S/c1-17-15-22(33(30,31)28-14-13-20-5-3-4-6-23(20)28)11-12-24(17)32-16-25(29)27-18(2)19-7-9-21(26)10-8-19/h3-12,15,18H,13-14,16H2,1-2H3,(H,27,29). The molecule has 1 amide bonds. The number of aryl methyl sites for hydroxylation is 1. The van der Waals surface area contributed by atoms with Gasteiger partial charge in [-0.25, -0.2) is 12.8 Å². The van der Waals surface area contributed by atoms with Crippen molar-refractivity contribution in [3.63, 3.8) is 0 Å². The van der Waals surface area contributed by atoms with Crippen LogP contribution in [0.1, 0.15) is 29.7 Å². The molecule has 3 aromatic carbocycles. The summed E-state index contributed by atoms with van der Waals surface area (Å²) in [6, 6.07) is 17.7. The minimum Gasteiger partial charge on any atom is -0.484 e. The van der Waals surface area contributed by atoms with E-state index >= 15 is 0 Å². The lowest BCUT2D eigenvalue weighted by Crippen LogP contribution is -2.31. The van der Waals surface area contributed by atoms with Crippen molar-refractivity contribution < 1.29 is 22.3 Å². The largest absolute Gasteiger partial charge is 0.484 e. The number of ether oxygens (including phenoxy) is 1. The summed E-state index contributed by atoms with van der Waals surface area (Å²) in [5.41, 5.74) is 3.11. The van der Waals surface area contributed by atoms with Gasteiger partial charge in [-0.1, -0.05) is 30.3 Å². The topological polar surface area (TPSA) is 75.7 Å². The van der Waals surface area contributed by atoms with E-state index in [1.54, 1.807) is 38.1 Å². The van der Waals surface area contributed by atoms with Crippen molar-refractivity contribution in [1.29, 1.82) is 0 Å². The van der Waals surface area contributed by atoms with Crippen molar-refractivity contribution in [2.24, 2.45) is 0 Å². The van der Waals surface area contributed by atoms with Gasteiger partial charge in [0.2, 0.25) is 0 Å². The van der Waals surface area contributed by atoms with Gasteiger partial charge in [0.15, 0.2) is 6.61 Å². The number of carbonyl (C=O) groups is 1. The molecule has 1 N–H and O–H groups in total. The molecule has 1 aliphatic heterocycles. The molecule has 0 aliphatic carbocycles. The van der Waals surface area contributed by atoms with Crippen LogP contribution in [0.15, 0.2) is 71.6 Å². The Morgan fingerprint density at radius 1 is 1.12 bits per heavy atom. The Morgan fingerprint density at radius 2 is 1.85 bits per heavy atom. The molecule has 0 fully saturated rings. The molecule has 0 spiro atoms. The van der Waals surface area contributed by atoms with Crippen LogP contribution in [0.2, 0.25) is 0 Å². The summed E-state index contributed by atoms with van der Waals surface area (Å²) < 4.78 is 46.5. The Balaban J connectivity index is 1.41. The normalized spacial score (nSPS) is 14.0. The van der Waals surface area contributed by atoms with Crippen LogP contribution in [0.5, 0.6) is 5.75 Å². The summed E-state index contributed by atoms with van der Waals surface area (Å²) in [4.78, 5) is 12.5. The van der Waals surface area contributed by atoms with Crippen LogP contribution < -0.4 is 14.4 Å². The van der Waals surface area contributed by atoms with Crippen LogP contribution in [0, 0.1) is 12.7 Å². The van der Waals surface area contributed by atoms with Crippen LogP contribution in [0.25, 0.3) is 0 Å². The lowest BCUT2D eigenvalue weighted by Gasteiger charge is -2.20. The van der Waals surface area contributed by atoms with E-state index in [0.29, 0.717) is 30.0 Å². The van der Waals surface area contributed by atoms with E-state index in [1.165, 1.54) is 22.5 Å². The molecule has 8 heteroatoms. The molecular weight excluding hydrogens is 443 g/mol. The first-order chi connectivity index (χ1) is 15.8. The molecule has 0 aromatic heterocycles. The molecule has 4 rings (SSSR count). The Morgan fingerprint density at radius 3 is 2.58 bits per heavy atom. The molecule has 0 radical (unpaired) electrons. The van der Waals surface area contributed by atoms with Gasteiger partial charge in [0.05, 0.1) is 16.6 Å². The zero-order valence-electron chi connectivity index (χ0n) is 18.4. The molecule has 0 saturated carbocycles. The number of carbonyl (C=O) groups excluding carboxylic acids is 1. The van der Waals surface area contributed by atoms with Gasteiger partial charge in [-0.05, 0) is 73.4 Å². The van der Waals surface area contributed by atoms with Crippen molar-refractivity contribution in [2.45, 2.75) is 31.2 Å². The molecule has 1 atom stereocenters. The zero-order valence-corrected chi connectivity index (χ0v) is 19.2. The fourth-order valence-corrected chi connectivity index (χ4v) is 5.48. The third-order valence-corrected chi connectivity index (χ3v) is 7.49. The first-order valence-corrected chi connectivity index (χ1v) is 12.1. The maximum Gasteiger partial charge on any atom is 0.264 e. The Labute approximate surface area is 193 Å². The van der Waals surface area contributed by atoms with Crippen LogP contribution >= 0.6 is 0 Å². The predicted molar refractivity (Wildman–Crippen MR) is 124 cm³/mol. The van der Waals surface area contributed by atoms with E-state index in [-0.39, 0.29) is 29.3 Å². The Bertz CT molecular complexity index is 1280. The lowest BCUT2D eigenvalue weighted by molar-refractivity contribution is -0.123. The van der Waals surface area contributed by atoms with Gasteiger partial charge in [-0.2, -0.15) is 0 Å². The van der Waals surface area contributed by atoms with Crippen LogP contribution in [0.4, 0.5) is 10.1 Å². The number of nitrogens with one attached hydrogen (secondary N) is 1. The SMILES string of the molecule is Cc1cc(S(=O)(=O)N2CCc3ccccc32)ccc1OCC(=O)NC(C)c1ccc(F)cc1. The van der Waals surface area contributed by atoms with Crippen LogP contribution in [-0.2, 0) is 21.2 Å². The van der Waals surface area contributed by atoms with Gasteiger partial charge in [-0.3, -0.25) is 9.10 Å². The second-order valence-electron chi connectivity index (χ2n) is 8.01. The average molecular weight is 469 g/mol. The maximum absolute atomic E-state index is 13.2. The minimum absolute atomic E-state index is 0.179. The van der Waals surface area contributed by atoms with Crippen molar-refractivity contribution in [1.82, 2.24) is 5.32 Å². The number of rotatable bonds is 7. The fraction of sp³-hybridized carbons (Fsp3) is 0.240. The molecule has 6 nitrogen and oxygen atoms in total. The van der Waals surface area contributed by atoms with E-state index < -0.39 is 10.0 Å². The minimum atomic E-state index is -3.70. The number of halogens is 1. The summed E-state index contributed by atoms with van der Waals surface area (Å²) in [6.07, 6.45) is 0.682. The highest BCUT2D eigenvalue weighted by molar-refractivity contribution is 7.92.